The molecule has 3 atom stereocenters. The lowest BCUT2D eigenvalue weighted by Crippen LogP contribution is -2.52. The molecule has 9 nitrogen and oxygen atoms in total. The standard InChI is InChI=1S/C15H18N8O/c1-9(10-2-4-11(5-3-10)23-8-16-7-18-23)19-15-20-13-12(6-17-22-13)14(24)21-15/h2-5,7-9,12-13,17,22H,6H2,1H3,(H2,19,20,21,24). The Hall–Kier alpha value is -2.78. The molecule has 0 saturated carbocycles. The first-order valence-electron chi connectivity index (χ1n) is 7.79. The summed E-state index contributed by atoms with van der Waals surface area (Å²) in [5, 5.41) is 10.2. The number of fused-ring (bicyclic) bond motifs is 1. The number of amides is 1. The van der Waals surface area contributed by atoms with Crippen molar-refractivity contribution in [1.29, 1.82) is 0 Å². The molecule has 0 radical (unpaired) electrons. The number of nitrogens with one attached hydrogen (secondary N) is 4. The SMILES string of the molecule is CC(NC1=NC2NNCC2C(=O)N1)c1ccc(-n2cncn2)cc1. The predicted molar refractivity (Wildman–Crippen MR) is 86.9 cm³/mol. The molecule has 4 N–H and O–H groups in total. The Morgan fingerprint density at radius 1 is 1.33 bits per heavy atom. The molecule has 0 bridgehead atoms. The van der Waals surface area contributed by atoms with E-state index in [0.717, 1.165) is 11.3 Å². The lowest BCUT2D eigenvalue weighted by Gasteiger charge is -2.25. The molecule has 0 aliphatic carbocycles. The minimum atomic E-state index is -0.219. The molecule has 2 aliphatic rings. The van der Waals surface area contributed by atoms with E-state index in [2.05, 4.69) is 36.6 Å². The van der Waals surface area contributed by atoms with E-state index in [4.69, 9.17) is 0 Å². The molecule has 1 saturated heterocycles. The van der Waals surface area contributed by atoms with Gasteiger partial charge in [0.05, 0.1) is 17.6 Å². The van der Waals surface area contributed by atoms with Crippen LogP contribution in [0.3, 0.4) is 0 Å². The zero-order valence-electron chi connectivity index (χ0n) is 13.1. The van der Waals surface area contributed by atoms with Crippen molar-refractivity contribution in [2.75, 3.05) is 6.54 Å². The van der Waals surface area contributed by atoms with Gasteiger partial charge < -0.3 is 5.32 Å². The summed E-state index contributed by atoms with van der Waals surface area (Å²) < 4.78 is 1.70. The molecule has 1 aromatic carbocycles. The Balaban J connectivity index is 1.46. The summed E-state index contributed by atoms with van der Waals surface area (Å²) in [7, 11) is 0. The van der Waals surface area contributed by atoms with Crippen LogP contribution in [0.15, 0.2) is 41.9 Å². The molecule has 9 heteroatoms. The number of aliphatic imine (C=N–C) groups is 1. The molecular weight excluding hydrogens is 308 g/mol. The van der Waals surface area contributed by atoms with Gasteiger partial charge in [0.1, 0.15) is 18.8 Å². The summed E-state index contributed by atoms with van der Waals surface area (Å²) in [4.78, 5) is 20.5. The van der Waals surface area contributed by atoms with Crippen molar-refractivity contribution in [2.45, 2.75) is 19.1 Å². The minimum absolute atomic E-state index is 0.000223. The number of aromatic nitrogens is 3. The lowest BCUT2D eigenvalue weighted by atomic mass is 10.1. The highest BCUT2D eigenvalue weighted by atomic mass is 16.2. The third-order valence-corrected chi connectivity index (χ3v) is 4.23. The Labute approximate surface area is 138 Å². The van der Waals surface area contributed by atoms with Gasteiger partial charge in [0.25, 0.3) is 0 Å². The lowest BCUT2D eigenvalue weighted by molar-refractivity contribution is -0.123. The normalized spacial score (nSPS) is 24.0. The maximum atomic E-state index is 12.1. The third kappa shape index (κ3) is 2.74. The van der Waals surface area contributed by atoms with Crippen molar-refractivity contribution in [3.05, 3.63) is 42.5 Å². The van der Waals surface area contributed by atoms with Gasteiger partial charge >= 0.3 is 0 Å². The molecule has 0 spiro atoms. The van der Waals surface area contributed by atoms with Crippen LogP contribution in [0.5, 0.6) is 0 Å². The van der Waals surface area contributed by atoms with E-state index in [1.165, 1.54) is 6.33 Å². The Morgan fingerprint density at radius 2 is 2.17 bits per heavy atom. The highest BCUT2D eigenvalue weighted by molar-refractivity contribution is 6.00. The van der Waals surface area contributed by atoms with Gasteiger partial charge in [-0.1, -0.05) is 12.1 Å². The van der Waals surface area contributed by atoms with E-state index < -0.39 is 0 Å². The number of hydrazine groups is 1. The van der Waals surface area contributed by atoms with Crippen molar-refractivity contribution >= 4 is 11.9 Å². The summed E-state index contributed by atoms with van der Waals surface area (Å²) in [5.41, 5.74) is 7.98. The molecule has 124 valence electrons. The van der Waals surface area contributed by atoms with Crippen molar-refractivity contribution in [1.82, 2.24) is 36.2 Å². The fraction of sp³-hybridized carbons (Fsp3) is 0.333. The van der Waals surface area contributed by atoms with Crippen LogP contribution in [0.4, 0.5) is 0 Å². The summed E-state index contributed by atoms with van der Waals surface area (Å²) in [6.45, 7) is 2.61. The molecule has 4 rings (SSSR count). The van der Waals surface area contributed by atoms with Crippen LogP contribution in [-0.2, 0) is 4.79 Å². The van der Waals surface area contributed by atoms with E-state index in [1.54, 1.807) is 11.0 Å². The van der Waals surface area contributed by atoms with Crippen molar-refractivity contribution in [3.63, 3.8) is 0 Å². The fourth-order valence-corrected chi connectivity index (χ4v) is 2.84. The number of carbonyl (C=O) groups excluding carboxylic acids is 1. The molecule has 3 heterocycles. The minimum Gasteiger partial charge on any atom is -0.349 e. The number of rotatable bonds is 3. The zero-order chi connectivity index (χ0) is 16.5. The van der Waals surface area contributed by atoms with Crippen LogP contribution < -0.4 is 21.5 Å². The molecule has 2 aromatic rings. The van der Waals surface area contributed by atoms with E-state index in [0.29, 0.717) is 12.5 Å². The second-order valence-electron chi connectivity index (χ2n) is 5.84. The first-order valence-corrected chi connectivity index (χ1v) is 7.79. The van der Waals surface area contributed by atoms with Crippen LogP contribution in [0, 0.1) is 5.92 Å². The smallest absolute Gasteiger partial charge is 0.234 e. The van der Waals surface area contributed by atoms with Gasteiger partial charge in [-0.3, -0.25) is 15.5 Å². The summed E-state index contributed by atoms with van der Waals surface area (Å²) in [6.07, 6.45) is 2.94. The summed E-state index contributed by atoms with van der Waals surface area (Å²) >= 11 is 0. The second kappa shape index (κ2) is 6.02. The molecule has 24 heavy (non-hydrogen) atoms. The zero-order valence-corrected chi connectivity index (χ0v) is 13.1. The molecule has 3 unspecified atom stereocenters. The first-order chi connectivity index (χ1) is 11.7. The average molecular weight is 326 g/mol. The number of carbonyl (C=O) groups is 1. The first kappa shape index (κ1) is 14.8. The maximum Gasteiger partial charge on any atom is 0.234 e. The van der Waals surface area contributed by atoms with E-state index >= 15 is 0 Å². The van der Waals surface area contributed by atoms with Gasteiger partial charge in [-0.15, -0.1) is 0 Å². The Morgan fingerprint density at radius 3 is 2.92 bits per heavy atom. The number of hydrogen-bond donors (Lipinski definition) is 4. The second-order valence-corrected chi connectivity index (χ2v) is 5.84. The van der Waals surface area contributed by atoms with Gasteiger partial charge in [0, 0.05) is 6.54 Å². The summed E-state index contributed by atoms with van der Waals surface area (Å²) in [5.74, 6) is 0.307. The van der Waals surface area contributed by atoms with Gasteiger partial charge in [0.15, 0.2) is 5.96 Å². The number of benzene rings is 1. The van der Waals surface area contributed by atoms with Gasteiger partial charge in [-0.25, -0.2) is 20.1 Å². The van der Waals surface area contributed by atoms with Gasteiger partial charge in [-0.2, -0.15) is 5.10 Å². The number of guanidine groups is 1. The van der Waals surface area contributed by atoms with Crippen LogP contribution >= 0.6 is 0 Å². The van der Waals surface area contributed by atoms with Crippen molar-refractivity contribution < 1.29 is 4.79 Å². The third-order valence-electron chi connectivity index (χ3n) is 4.23. The van der Waals surface area contributed by atoms with E-state index in [9.17, 15) is 4.79 Å². The molecule has 1 fully saturated rings. The highest BCUT2D eigenvalue weighted by Gasteiger charge is 2.37. The van der Waals surface area contributed by atoms with Crippen LogP contribution in [0.1, 0.15) is 18.5 Å². The quantitative estimate of drug-likeness (QED) is 0.603. The van der Waals surface area contributed by atoms with Crippen LogP contribution in [0.2, 0.25) is 0 Å². The summed E-state index contributed by atoms with van der Waals surface area (Å²) in [6, 6.07) is 7.97. The largest absolute Gasteiger partial charge is 0.349 e. The number of hydrogen-bond acceptors (Lipinski definition) is 7. The molecule has 2 aliphatic heterocycles. The van der Waals surface area contributed by atoms with Crippen LogP contribution in [0.25, 0.3) is 5.69 Å². The Bertz CT molecular complexity index is 754. The van der Waals surface area contributed by atoms with Gasteiger partial charge in [-0.05, 0) is 24.6 Å². The molecule has 1 amide bonds. The topological polar surface area (TPSA) is 108 Å². The Kier molecular flexibility index (Phi) is 3.71. The predicted octanol–water partition coefficient (Wildman–Crippen LogP) is -0.546. The highest BCUT2D eigenvalue weighted by Crippen LogP contribution is 2.17. The average Bonchev–Trinajstić information content (AvgIpc) is 3.26. The van der Waals surface area contributed by atoms with Crippen LogP contribution in [-0.4, -0.2) is 39.3 Å². The molecule has 1 aromatic heterocycles. The maximum absolute atomic E-state index is 12.1. The van der Waals surface area contributed by atoms with Gasteiger partial charge in [0.2, 0.25) is 5.91 Å². The van der Waals surface area contributed by atoms with Crippen molar-refractivity contribution in [3.8, 4) is 5.69 Å². The van der Waals surface area contributed by atoms with E-state index in [-0.39, 0.29) is 24.0 Å². The number of nitrogens with zero attached hydrogens (tertiary/aromatic N) is 4. The molecular formula is C15H18N8O. The van der Waals surface area contributed by atoms with E-state index in [1.807, 2.05) is 31.2 Å². The fourth-order valence-electron chi connectivity index (χ4n) is 2.84. The monoisotopic (exact) mass is 326 g/mol. The van der Waals surface area contributed by atoms with Crippen molar-refractivity contribution in [2.24, 2.45) is 10.9 Å².